The number of ether oxygens (including phenoxy) is 2. The molecule has 1 saturated heterocycles. The highest BCUT2D eigenvalue weighted by molar-refractivity contribution is 5.41. The molecule has 1 aliphatic rings. The van der Waals surface area contributed by atoms with Crippen LogP contribution >= 0.6 is 0 Å². The molecule has 29 heavy (non-hydrogen) atoms. The second kappa shape index (κ2) is 10.0. The van der Waals surface area contributed by atoms with Crippen LogP contribution in [0, 0.1) is 6.92 Å². The third-order valence-corrected chi connectivity index (χ3v) is 5.09. The van der Waals surface area contributed by atoms with Crippen LogP contribution in [0.3, 0.4) is 0 Å². The highest BCUT2D eigenvalue weighted by Crippen LogP contribution is 2.26. The fourth-order valence-electron chi connectivity index (χ4n) is 3.72. The van der Waals surface area contributed by atoms with E-state index in [1.807, 2.05) is 39.1 Å². The van der Waals surface area contributed by atoms with Gasteiger partial charge in [-0.2, -0.15) is 0 Å². The summed E-state index contributed by atoms with van der Waals surface area (Å²) in [6.07, 6.45) is 2.31. The predicted octanol–water partition coefficient (Wildman–Crippen LogP) is 2.27. The first kappa shape index (κ1) is 21.5. The maximum atomic E-state index is 11.1. The molecular formula is C22H32N4O3. The van der Waals surface area contributed by atoms with Gasteiger partial charge in [0.15, 0.2) is 0 Å². The van der Waals surface area contributed by atoms with Gasteiger partial charge in [-0.3, -0.25) is 4.90 Å². The number of hydrogen-bond acceptors (Lipinski definition) is 7. The molecule has 1 unspecified atom stereocenters. The summed E-state index contributed by atoms with van der Waals surface area (Å²) in [5.41, 5.74) is 1.39. The number of β-amino-alcohol motifs (C(OH)–C–C–N with tert-alkyl or cyclic N) is 1. The largest absolute Gasteiger partial charge is 0.491 e. The van der Waals surface area contributed by atoms with E-state index < -0.39 is 5.60 Å². The van der Waals surface area contributed by atoms with Gasteiger partial charge in [-0.15, -0.1) is 0 Å². The van der Waals surface area contributed by atoms with E-state index in [2.05, 4.69) is 31.9 Å². The van der Waals surface area contributed by atoms with E-state index in [1.165, 1.54) is 5.56 Å². The van der Waals surface area contributed by atoms with Crippen molar-refractivity contribution in [2.45, 2.75) is 32.4 Å². The van der Waals surface area contributed by atoms with Gasteiger partial charge >= 0.3 is 0 Å². The van der Waals surface area contributed by atoms with Crippen molar-refractivity contribution in [2.24, 2.45) is 0 Å². The van der Waals surface area contributed by atoms with Crippen LogP contribution < -0.4 is 9.64 Å². The SMILES string of the molecule is CCOCCOc1ccc(CN(C)CC2(O)CCN(c3cc(C)ncn3)C2)cc1. The van der Waals surface area contributed by atoms with Gasteiger partial charge in [0.05, 0.1) is 12.2 Å². The molecule has 0 saturated carbocycles. The van der Waals surface area contributed by atoms with Gasteiger partial charge in [0.2, 0.25) is 0 Å². The van der Waals surface area contributed by atoms with Gasteiger partial charge in [-0.05, 0) is 45.0 Å². The lowest BCUT2D eigenvalue weighted by atomic mass is 10.0. The zero-order valence-corrected chi connectivity index (χ0v) is 17.7. The molecule has 1 N–H and O–H groups in total. The maximum Gasteiger partial charge on any atom is 0.132 e. The summed E-state index contributed by atoms with van der Waals surface area (Å²) in [6.45, 7) is 8.56. The Bertz CT molecular complexity index is 771. The second-order valence-corrected chi connectivity index (χ2v) is 7.78. The summed E-state index contributed by atoms with van der Waals surface area (Å²) in [7, 11) is 2.04. The summed E-state index contributed by atoms with van der Waals surface area (Å²) in [5.74, 6) is 1.73. The number of benzene rings is 1. The Balaban J connectivity index is 1.48. The van der Waals surface area contributed by atoms with E-state index in [4.69, 9.17) is 9.47 Å². The Morgan fingerprint density at radius 2 is 2.00 bits per heavy atom. The third-order valence-electron chi connectivity index (χ3n) is 5.09. The number of likely N-dealkylation sites (N-methyl/N-ethyl adjacent to an activating group) is 1. The number of rotatable bonds is 10. The van der Waals surface area contributed by atoms with E-state index >= 15 is 0 Å². The van der Waals surface area contributed by atoms with Gasteiger partial charge < -0.3 is 19.5 Å². The Hall–Kier alpha value is -2.22. The molecule has 158 valence electrons. The molecule has 0 radical (unpaired) electrons. The molecule has 0 amide bonds. The average molecular weight is 401 g/mol. The Morgan fingerprint density at radius 1 is 1.21 bits per heavy atom. The number of hydrogen-bond donors (Lipinski definition) is 1. The monoisotopic (exact) mass is 400 g/mol. The number of anilines is 1. The van der Waals surface area contributed by atoms with E-state index in [0.717, 1.165) is 36.8 Å². The molecule has 2 aromatic rings. The van der Waals surface area contributed by atoms with Crippen LogP contribution in [-0.4, -0.2) is 72.1 Å². The first-order valence-corrected chi connectivity index (χ1v) is 10.2. The van der Waals surface area contributed by atoms with Gasteiger partial charge in [-0.25, -0.2) is 9.97 Å². The van der Waals surface area contributed by atoms with Crippen LogP contribution in [-0.2, 0) is 11.3 Å². The van der Waals surface area contributed by atoms with Crippen molar-refractivity contribution in [1.29, 1.82) is 0 Å². The fraction of sp³-hybridized carbons (Fsp3) is 0.545. The van der Waals surface area contributed by atoms with E-state index in [1.54, 1.807) is 6.33 Å². The summed E-state index contributed by atoms with van der Waals surface area (Å²) in [6, 6.07) is 10.1. The standard InChI is InChI=1S/C22H32N4O3/c1-4-28-11-12-29-20-7-5-19(6-8-20)14-25(3)15-22(27)9-10-26(16-22)21-13-18(2)23-17-24-21/h5-8,13,17,27H,4,9-12,14-16H2,1-3H3. The summed E-state index contributed by atoms with van der Waals surface area (Å²) < 4.78 is 10.9. The van der Waals surface area contributed by atoms with Crippen LogP contribution in [0.1, 0.15) is 24.6 Å². The molecule has 1 atom stereocenters. The molecular weight excluding hydrogens is 368 g/mol. The molecule has 1 aromatic carbocycles. The minimum Gasteiger partial charge on any atom is -0.491 e. The lowest BCUT2D eigenvalue weighted by molar-refractivity contribution is 0.0279. The first-order chi connectivity index (χ1) is 14.0. The van der Waals surface area contributed by atoms with Crippen molar-refractivity contribution >= 4 is 5.82 Å². The van der Waals surface area contributed by atoms with Gasteiger partial charge in [-0.1, -0.05) is 12.1 Å². The van der Waals surface area contributed by atoms with Crippen molar-refractivity contribution in [3.05, 3.63) is 47.9 Å². The highest BCUT2D eigenvalue weighted by atomic mass is 16.5. The fourth-order valence-corrected chi connectivity index (χ4v) is 3.72. The summed E-state index contributed by atoms with van der Waals surface area (Å²) in [4.78, 5) is 12.8. The Kier molecular flexibility index (Phi) is 7.41. The number of aryl methyl sites for hydroxylation is 1. The smallest absolute Gasteiger partial charge is 0.132 e. The van der Waals surface area contributed by atoms with Crippen molar-refractivity contribution in [3.8, 4) is 5.75 Å². The molecule has 0 bridgehead atoms. The zero-order chi connectivity index (χ0) is 20.7. The normalized spacial score (nSPS) is 19.1. The number of aromatic nitrogens is 2. The topological polar surface area (TPSA) is 71.0 Å². The highest BCUT2D eigenvalue weighted by Gasteiger charge is 2.37. The molecule has 1 aromatic heterocycles. The van der Waals surface area contributed by atoms with E-state index in [9.17, 15) is 5.11 Å². The molecule has 2 heterocycles. The molecule has 0 aliphatic carbocycles. The van der Waals surface area contributed by atoms with Crippen molar-refractivity contribution in [1.82, 2.24) is 14.9 Å². The molecule has 7 nitrogen and oxygen atoms in total. The van der Waals surface area contributed by atoms with E-state index in [-0.39, 0.29) is 0 Å². The van der Waals surface area contributed by atoms with Crippen LogP contribution in [0.5, 0.6) is 5.75 Å². The lowest BCUT2D eigenvalue weighted by Gasteiger charge is -2.29. The van der Waals surface area contributed by atoms with E-state index in [0.29, 0.717) is 32.9 Å². The Labute approximate surface area is 173 Å². The van der Waals surface area contributed by atoms with Gasteiger partial charge in [0.25, 0.3) is 0 Å². The van der Waals surface area contributed by atoms with Crippen LogP contribution in [0.2, 0.25) is 0 Å². The van der Waals surface area contributed by atoms with Crippen molar-refractivity contribution in [3.63, 3.8) is 0 Å². The number of nitrogens with zero attached hydrogens (tertiary/aromatic N) is 4. The van der Waals surface area contributed by atoms with Crippen molar-refractivity contribution < 1.29 is 14.6 Å². The summed E-state index contributed by atoms with van der Waals surface area (Å²) in [5, 5.41) is 11.1. The summed E-state index contributed by atoms with van der Waals surface area (Å²) >= 11 is 0. The molecule has 1 fully saturated rings. The van der Waals surface area contributed by atoms with Gasteiger partial charge in [0.1, 0.15) is 24.5 Å². The minimum absolute atomic E-state index is 0.558. The molecule has 1 aliphatic heterocycles. The van der Waals surface area contributed by atoms with Crippen molar-refractivity contribution in [2.75, 3.05) is 51.4 Å². The molecule has 7 heteroatoms. The molecule has 0 spiro atoms. The van der Waals surface area contributed by atoms with Gasteiger partial charge in [0, 0.05) is 44.5 Å². The predicted molar refractivity (Wildman–Crippen MR) is 113 cm³/mol. The zero-order valence-electron chi connectivity index (χ0n) is 17.7. The van der Waals surface area contributed by atoms with Crippen LogP contribution in [0.25, 0.3) is 0 Å². The maximum absolute atomic E-state index is 11.1. The molecule has 3 rings (SSSR count). The number of aliphatic hydroxyl groups is 1. The quantitative estimate of drug-likeness (QED) is 0.614. The average Bonchev–Trinajstić information content (AvgIpc) is 3.08. The lowest BCUT2D eigenvalue weighted by Crippen LogP contribution is -2.43. The first-order valence-electron chi connectivity index (χ1n) is 10.2. The Morgan fingerprint density at radius 3 is 2.72 bits per heavy atom. The third kappa shape index (κ3) is 6.39. The van der Waals surface area contributed by atoms with Crippen LogP contribution in [0.15, 0.2) is 36.7 Å². The minimum atomic E-state index is -0.740. The van der Waals surface area contributed by atoms with Crippen LogP contribution in [0.4, 0.5) is 5.82 Å². The second-order valence-electron chi connectivity index (χ2n) is 7.78.